The monoisotopic (exact) mass is 388 g/mol. The van der Waals surface area contributed by atoms with Crippen LogP contribution in [0.3, 0.4) is 0 Å². The van der Waals surface area contributed by atoms with Gasteiger partial charge in [0.1, 0.15) is 11.5 Å². The fraction of sp³-hybridized carbons (Fsp3) is 0.200. The number of carbonyl (C=O) groups excluding carboxylic acids is 2. The maximum atomic E-state index is 12.3. The minimum Gasteiger partial charge on any atom is -0.497 e. The third kappa shape index (κ3) is 6.04. The van der Waals surface area contributed by atoms with E-state index in [-0.39, 0.29) is 18.4 Å². The van der Waals surface area contributed by atoms with Gasteiger partial charge in [-0.3, -0.25) is 9.59 Å². The Hall–Kier alpha value is -2.99. The zero-order valence-corrected chi connectivity index (χ0v) is 16.1. The molecule has 0 aliphatic carbocycles. The Morgan fingerprint density at radius 2 is 1.74 bits per heavy atom. The second-order valence-electron chi connectivity index (χ2n) is 5.70. The predicted octanol–water partition coefficient (Wildman–Crippen LogP) is 3.47. The van der Waals surface area contributed by atoms with Gasteiger partial charge in [0.15, 0.2) is 0 Å². The molecule has 0 aromatic heterocycles. The summed E-state index contributed by atoms with van der Waals surface area (Å²) in [7, 11) is 4.66. The number of anilines is 1. The van der Waals surface area contributed by atoms with Gasteiger partial charge in [0.05, 0.1) is 31.5 Å². The highest BCUT2D eigenvalue weighted by atomic mass is 35.5. The third-order valence-corrected chi connectivity index (χ3v) is 4.03. The summed E-state index contributed by atoms with van der Waals surface area (Å²) in [5.41, 5.74) is 1.25. The average Bonchev–Trinajstić information content (AvgIpc) is 2.67. The van der Waals surface area contributed by atoms with E-state index in [1.54, 1.807) is 69.8 Å². The maximum Gasteiger partial charge on any atom is 0.246 e. The first kappa shape index (κ1) is 20.3. The van der Waals surface area contributed by atoms with Crippen LogP contribution >= 0.6 is 11.6 Å². The molecule has 0 saturated carbocycles. The van der Waals surface area contributed by atoms with Crippen molar-refractivity contribution in [2.75, 3.05) is 33.1 Å². The van der Waals surface area contributed by atoms with Crippen LogP contribution in [0.15, 0.2) is 48.5 Å². The Kier molecular flexibility index (Phi) is 7.25. The number of nitrogens with zero attached hydrogens (tertiary/aromatic N) is 1. The van der Waals surface area contributed by atoms with Crippen LogP contribution < -0.4 is 14.8 Å². The lowest BCUT2D eigenvalue weighted by Crippen LogP contribution is -2.33. The van der Waals surface area contributed by atoms with Gasteiger partial charge in [0, 0.05) is 19.2 Å². The van der Waals surface area contributed by atoms with E-state index in [4.69, 9.17) is 21.1 Å². The SMILES string of the molecule is COc1cc(/C=C/C(=O)N(C)CC(=O)Nc2ccccc2Cl)cc(OC)c1. The van der Waals surface area contributed by atoms with Crippen molar-refractivity contribution >= 4 is 35.2 Å². The van der Waals surface area contributed by atoms with E-state index in [9.17, 15) is 9.59 Å². The van der Waals surface area contributed by atoms with Gasteiger partial charge in [-0.05, 0) is 35.9 Å². The molecule has 7 heteroatoms. The van der Waals surface area contributed by atoms with E-state index in [1.165, 1.54) is 11.0 Å². The second kappa shape index (κ2) is 9.64. The number of hydrogen-bond donors (Lipinski definition) is 1. The molecule has 0 heterocycles. The predicted molar refractivity (Wildman–Crippen MR) is 106 cm³/mol. The van der Waals surface area contributed by atoms with Gasteiger partial charge in [0.25, 0.3) is 0 Å². The summed E-state index contributed by atoms with van der Waals surface area (Å²) in [5.74, 6) is 0.587. The number of rotatable bonds is 7. The standard InChI is InChI=1S/C20H21ClN2O4/c1-23(13-19(24)22-18-7-5-4-6-17(18)21)20(25)9-8-14-10-15(26-2)12-16(11-14)27-3/h4-12H,13H2,1-3H3,(H,22,24)/b9-8+. The van der Waals surface area contributed by atoms with E-state index in [0.717, 1.165) is 5.56 Å². The lowest BCUT2D eigenvalue weighted by Gasteiger charge is -2.15. The minimum atomic E-state index is -0.338. The first-order chi connectivity index (χ1) is 12.9. The number of halogens is 1. The fourth-order valence-corrected chi connectivity index (χ4v) is 2.45. The van der Waals surface area contributed by atoms with Crippen molar-refractivity contribution in [2.24, 2.45) is 0 Å². The van der Waals surface area contributed by atoms with Gasteiger partial charge in [-0.2, -0.15) is 0 Å². The van der Waals surface area contributed by atoms with Crippen molar-refractivity contribution < 1.29 is 19.1 Å². The highest BCUT2D eigenvalue weighted by molar-refractivity contribution is 6.33. The second-order valence-corrected chi connectivity index (χ2v) is 6.11. The summed E-state index contributed by atoms with van der Waals surface area (Å²) in [4.78, 5) is 25.7. The summed E-state index contributed by atoms with van der Waals surface area (Å²) in [6.07, 6.45) is 3.02. The summed E-state index contributed by atoms with van der Waals surface area (Å²) in [5, 5.41) is 3.11. The van der Waals surface area contributed by atoms with Crippen LogP contribution in [0.5, 0.6) is 11.5 Å². The molecule has 2 amide bonds. The van der Waals surface area contributed by atoms with Crippen molar-refractivity contribution in [1.29, 1.82) is 0 Å². The van der Waals surface area contributed by atoms with Gasteiger partial charge in [0.2, 0.25) is 11.8 Å². The molecule has 0 unspecified atom stereocenters. The number of ether oxygens (including phenoxy) is 2. The Morgan fingerprint density at radius 1 is 1.11 bits per heavy atom. The first-order valence-electron chi connectivity index (χ1n) is 8.13. The zero-order valence-electron chi connectivity index (χ0n) is 15.4. The van der Waals surface area contributed by atoms with Gasteiger partial charge in [-0.25, -0.2) is 0 Å². The van der Waals surface area contributed by atoms with Gasteiger partial charge >= 0.3 is 0 Å². The molecule has 6 nitrogen and oxygen atoms in total. The molecule has 2 aromatic carbocycles. The van der Waals surface area contributed by atoms with Gasteiger partial charge < -0.3 is 19.7 Å². The molecule has 0 bridgehead atoms. The maximum absolute atomic E-state index is 12.3. The molecule has 0 spiro atoms. The largest absolute Gasteiger partial charge is 0.497 e. The quantitative estimate of drug-likeness (QED) is 0.737. The van der Waals surface area contributed by atoms with E-state index in [2.05, 4.69) is 5.32 Å². The van der Waals surface area contributed by atoms with Crippen molar-refractivity contribution in [2.45, 2.75) is 0 Å². The Labute approximate surface area is 163 Å². The topological polar surface area (TPSA) is 67.9 Å². The minimum absolute atomic E-state index is 0.101. The summed E-state index contributed by atoms with van der Waals surface area (Å²) in [6.45, 7) is -0.101. The van der Waals surface area contributed by atoms with Crippen molar-refractivity contribution in [3.8, 4) is 11.5 Å². The fourth-order valence-electron chi connectivity index (χ4n) is 2.27. The molecular formula is C20H21ClN2O4. The highest BCUT2D eigenvalue weighted by Gasteiger charge is 2.12. The number of amides is 2. The van der Waals surface area contributed by atoms with Crippen LogP contribution in [-0.4, -0.2) is 44.5 Å². The summed E-state index contributed by atoms with van der Waals surface area (Å²) >= 11 is 6.01. The average molecular weight is 389 g/mol. The highest BCUT2D eigenvalue weighted by Crippen LogP contribution is 2.23. The zero-order chi connectivity index (χ0) is 19.8. The van der Waals surface area contributed by atoms with Crippen LogP contribution in [0, 0.1) is 0 Å². The van der Waals surface area contributed by atoms with Crippen LogP contribution in [-0.2, 0) is 9.59 Å². The lowest BCUT2D eigenvalue weighted by molar-refractivity contribution is -0.129. The van der Waals surface area contributed by atoms with Gasteiger partial charge in [-0.1, -0.05) is 23.7 Å². The smallest absolute Gasteiger partial charge is 0.246 e. The normalized spacial score (nSPS) is 10.5. The van der Waals surface area contributed by atoms with Crippen molar-refractivity contribution in [1.82, 2.24) is 4.90 Å². The van der Waals surface area contributed by atoms with E-state index in [0.29, 0.717) is 22.2 Å². The lowest BCUT2D eigenvalue weighted by atomic mass is 10.2. The molecule has 0 aliphatic heterocycles. The molecule has 0 aliphatic rings. The van der Waals surface area contributed by atoms with Crippen LogP contribution in [0.25, 0.3) is 6.08 Å². The molecule has 2 aromatic rings. The van der Waals surface area contributed by atoms with Crippen molar-refractivity contribution in [3.63, 3.8) is 0 Å². The van der Waals surface area contributed by atoms with Crippen molar-refractivity contribution in [3.05, 3.63) is 59.1 Å². The van der Waals surface area contributed by atoms with Crippen LogP contribution in [0.1, 0.15) is 5.56 Å². The van der Waals surface area contributed by atoms with Crippen LogP contribution in [0.2, 0.25) is 5.02 Å². The number of benzene rings is 2. The molecule has 0 atom stereocenters. The Bertz CT molecular complexity index is 829. The molecular weight excluding hydrogens is 368 g/mol. The van der Waals surface area contributed by atoms with E-state index >= 15 is 0 Å². The number of hydrogen-bond acceptors (Lipinski definition) is 4. The molecule has 0 radical (unpaired) electrons. The van der Waals surface area contributed by atoms with Gasteiger partial charge in [-0.15, -0.1) is 0 Å². The van der Waals surface area contributed by atoms with E-state index in [1.807, 2.05) is 0 Å². The van der Waals surface area contributed by atoms with E-state index < -0.39 is 0 Å². The number of para-hydroxylation sites is 1. The molecule has 0 fully saturated rings. The van der Waals surface area contributed by atoms with Crippen LogP contribution in [0.4, 0.5) is 5.69 Å². The first-order valence-corrected chi connectivity index (χ1v) is 8.51. The third-order valence-electron chi connectivity index (χ3n) is 3.70. The Balaban J connectivity index is 1.98. The summed E-state index contributed by atoms with van der Waals surface area (Å²) < 4.78 is 10.4. The number of methoxy groups -OCH3 is 2. The number of nitrogens with one attached hydrogen (secondary N) is 1. The summed E-state index contributed by atoms with van der Waals surface area (Å²) in [6, 6.07) is 12.2. The number of likely N-dealkylation sites (N-methyl/N-ethyl adjacent to an activating group) is 1. The molecule has 2 rings (SSSR count). The molecule has 0 saturated heterocycles. The number of carbonyl (C=O) groups is 2. The molecule has 142 valence electrons. The molecule has 27 heavy (non-hydrogen) atoms. The Morgan fingerprint density at radius 3 is 2.33 bits per heavy atom. The molecule has 1 N–H and O–H groups in total.